The second-order valence-electron chi connectivity index (χ2n) is 8.68. The summed E-state index contributed by atoms with van der Waals surface area (Å²) in [6.45, 7) is 7.25. The van der Waals surface area contributed by atoms with Crippen molar-refractivity contribution in [1.29, 1.82) is 0 Å². The maximum absolute atomic E-state index is 13.2. The van der Waals surface area contributed by atoms with E-state index in [4.69, 9.17) is 4.74 Å². The first kappa shape index (κ1) is 23.6. The van der Waals surface area contributed by atoms with E-state index >= 15 is 0 Å². The number of nitrogens with zero attached hydrogens (tertiary/aromatic N) is 3. The molecule has 0 aliphatic carbocycles. The van der Waals surface area contributed by atoms with Gasteiger partial charge in [0.1, 0.15) is 18.0 Å². The first-order chi connectivity index (χ1) is 14.0. The Morgan fingerprint density at radius 3 is 2.47 bits per heavy atom. The van der Waals surface area contributed by atoms with Gasteiger partial charge in [0.05, 0.1) is 12.0 Å². The van der Waals surface area contributed by atoms with Gasteiger partial charge in [-0.25, -0.2) is 9.78 Å². The molecule has 9 heteroatoms. The molecule has 2 rings (SSSR count). The van der Waals surface area contributed by atoms with Gasteiger partial charge in [0.2, 0.25) is 11.8 Å². The zero-order valence-corrected chi connectivity index (χ0v) is 18.4. The van der Waals surface area contributed by atoms with Crippen molar-refractivity contribution < 1.29 is 24.2 Å². The molecule has 30 heavy (non-hydrogen) atoms. The van der Waals surface area contributed by atoms with Gasteiger partial charge in [0, 0.05) is 26.3 Å². The predicted octanol–water partition coefficient (Wildman–Crippen LogP) is 1.48. The molecule has 0 aromatic carbocycles. The molecule has 9 nitrogen and oxygen atoms in total. The van der Waals surface area contributed by atoms with E-state index < -0.39 is 17.1 Å². The molecule has 2 heterocycles. The zero-order chi connectivity index (χ0) is 22.5. The number of aliphatic hydroxyl groups excluding tert-OH is 1. The lowest BCUT2D eigenvalue weighted by molar-refractivity contribution is -0.140. The van der Waals surface area contributed by atoms with Gasteiger partial charge in [-0.15, -0.1) is 0 Å². The zero-order valence-electron chi connectivity index (χ0n) is 18.4. The fourth-order valence-corrected chi connectivity index (χ4v) is 3.48. The molecule has 1 saturated heterocycles. The Morgan fingerprint density at radius 2 is 1.93 bits per heavy atom. The van der Waals surface area contributed by atoms with Crippen LogP contribution >= 0.6 is 0 Å². The summed E-state index contributed by atoms with van der Waals surface area (Å²) in [6, 6.07) is 3.67. The number of piperidine rings is 1. The van der Waals surface area contributed by atoms with Gasteiger partial charge >= 0.3 is 6.09 Å². The van der Waals surface area contributed by atoms with E-state index in [9.17, 15) is 19.5 Å². The molecule has 0 saturated carbocycles. The Morgan fingerprint density at radius 1 is 1.30 bits per heavy atom. The average molecular weight is 421 g/mol. The first-order valence-corrected chi connectivity index (χ1v) is 10.0. The third-order valence-electron chi connectivity index (χ3n) is 5.22. The van der Waals surface area contributed by atoms with Crippen LogP contribution in [-0.2, 0) is 14.3 Å². The molecule has 166 valence electrons. The van der Waals surface area contributed by atoms with Crippen LogP contribution in [0.4, 0.5) is 10.6 Å². The Hall–Kier alpha value is -2.68. The second-order valence-corrected chi connectivity index (χ2v) is 8.68. The molecule has 0 atom stereocenters. The van der Waals surface area contributed by atoms with Crippen LogP contribution in [0.1, 0.15) is 39.2 Å². The van der Waals surface area contributed by atoms with Crippen molar-refractivity contribution in [2.75, 3.05) is 38.2 Å². The highest BCUT2D eigenvalue weighted by Crippen LogP contribution is 2.34. The number of likely N-dealkylation sites (tertiary alicyclic amines) is 1. The van der Waals surface area contributed by atoms with Crippen molar-refractivity contribution in [3.05, 3.63) is 23.9 Å². The van der Waals surface area contributed by atoms with Gasteiger partial charge in [-0.1, -0.05) is 6.07 Å². The third-order valence-corrected chi connectivity index (χ3v) is 5.22. The van der Waals surface area contributed by atoms with Gasteiger partial charge in [-0.05, 0) is 52.2 Å². The van der Waals surface area contributed by atoms with E-state index in [1.54, 1.807) is 45.0 Å². The Kier molecular flexibility index (Phi) is 7.41. The highest BCUT2D eigenvalue weighted by atomic mass is 16.6. The molecule has 0 bridgehead atoms. The fraction of sp³-hybridized carbons (Fsp3) is 0.619. The first-order valence-electron chi connectivity index (χ1n) is 10.0. The topological polar surface area (TPSA) is 112 Å². The summed E-state index contributed by atoms with van der Waals surface area (Å²) < 4.78 is 5.13. The smallest absolute Gasteiger partial charge is 0.408 e. The Balaban J connectivity index is 1.96. The van der Waals surface area contributed by atoms with Crippen molar-refractivity contribution in [3.8, 4) is 0 Å². The number of nitrogens with one attached hydrogen (secondary N) is 1. The third kappa shape index (κ3) is 5.69. The SMILES string of the molecule is Cc1cccnc1N(C)C(=O)C1(CO)CCN(C(=O)CNC(=O)OC(C)(C)C)CC1. The Labute approximate surface area is 177 Å². The summed E-state index contributed by atoms with van der Waals surface area (Å²) in [5.74, 6) is 0.0787. The molecule has 1 aliphatic rings. The van der Waals surface area contributed by atoms with Crippen LogP contribution in [-0.4, -0.2) is 71.8 Å². The molecule has 0 unspecified atom stereocenters. The number of aliphatic hydroxyl groups is 1. The van der Waals surface area contributed by atoms with Crippen molar-refractivity contribution in [3.63, 3.8) is 0 Å². The largest absolute Gasteiger partial charge is 0.444 e. The van der Waals surface area contributed by atoms with Crippen LogP contribution in [0.25, 0.3) is 0 Å². The normalized spacial score (nSPS) is 16.0. The molecule has 0 radical (unpaired) electrons. The number of pyridine rings is 1. The van der Waals surface area contributed by atoms with Gasteiger partial charge in [0.15, 0.2) is 0 Å². The summed E-state index contributed by atoms with van der Waals surface area (Å²) in [4.78, 5) is 44.7. The summed E-state index contributed by atoms with van der Waals surface area (Å²) in [6.07, 6.45) is 1.63. The standard InChI is InChI=1S/C21H32N4O5/c1-15-7-6-10-22-17(15)24(5)18(28)21(14-26)8-11-25(12-9-21)16(27)13-23-19(29)30-20(2,3)4/h6-7,10,26H,8-9,11-14H2,1-5H3,(H,23,29). The lowest BCUT2D eigenvalue weighted by Crippen LogP contribution is -2.54. The molecule has 1 fully saturated rings. The van der Waals surface area contributed by atoms with E-state index in [1.807, 2.05) is 13.0 Å². The summed E-state index contributed by atoms with van der Waals surface area (Å²) >= 11 is 0. The van der Waals surface area contributed by atoms with Crippen molar-refractivity contribution in [2.45, 2.75) is 46.1 Å². The lowest BCUT2D eigenvalue weighted by atomic mass is 9.77. The van der Waals surface area contributed by atoms with Crippen molar-refractivity contribution in [1.82, 2.24) is 15.2 Å². The van der Waals surface area contributed by atoms with E-state index in [-0.39, 0.29) is 25.0 Å². The van der Waals surface area contributed by atoms with Gasteiger partial charge in [-0.3, -0.25) is 14.5 Å². The van der Waals surface area contributed by atoms with Crippen LogP contribution in [0.3, 0.4) is 0 Å². The molecule has 2 N–H and O–H groups in total. The summed E-state index contributed by atoms with van der Waals surface area (Å²) in [5, 5.41) is 12.5. The van der Waals surface area contributed by atoms with E-state index in [0.29, 0.717) is 31.7 Å². The summed E-state index contributed by atoms with van der Waals surface area (Å²) in [7, 11) is 1.65. The van der Waals surface area contributed by atoms with Gasteiger partial charge in [0.25, 0.3) is 0 Å². The van der Waals surface area contributed by atoms with Gasteiger partial charge < -0.3 is 20.1 Å². The average Bonchev–Trinajstić information content (AvgIpc) is 2.70. The number of aromatic nitrogens is 1. The van der Waals surface area contributed by atoms with Crippen LogP contribution in [0.2, 0.25) is 0 Å². The summed E-state index contributed by atoms with van der Waals surface area (Å²) in [5.41, 5.74) is -0.743. The Bertz CT molecular complexity index is 782. The maximum Gasteiger partial charge on any atom is 0.408 e. The molecule has 1 aromatic rings. The number of hydrogen-bond donors (Lipinski definition) is 2. The van der Waals surface area contributed by atoms with Crippen molar-refractivity contribution >= 4 is 23.7 Å². The molecular formula is C21H32N4O5. The molecular weight excluding hydrogens is 388 g/mol. The number of amides is 3. The highest BCUT2D eigenvalue weighted by Gasteiger charge is 2.44. The van der Waals surface area contributed by atoms with E-state index in [1.165, 1.54) is 4.90 Å². The minimum Gasteiger partial charge on any atom is -0.444 e. The van der Waals surface area contributed by atoms with Gasteiger partial charge in [-0.2, -0.15) is 0 Å². The second kappa shape index (κ2) is 9.42. The fourth-order valence-electron chi connectivity index (χ4n) is 3.48. The van der Waals surface area contributed by atoms with Crippen molar-refractivity contribution in [2.24, 2.45) is 5.41 Å². The number of carbonyl (C=O) groups excluding carboxylic acids is 3. The number of anilines is 1. The molecule has 1 aliphatic heterocycles. The minimum absolute atomic E-state index is 0.179. The molecule has 3 amide bonds. The predicted molar refractivity (Wildman–Crippen MR) is 112 cm³/mol. The lowest BCUT2D eigenvalue weighted by Gasteiger charge is -2.41. The van der Waals surface area contributed by atoms with Crippen LogP contribution < -0.4 is 10.2 Å². The van der Waals surface area contributed by atoms with Crippen LogP contribution in [0, 0.1) is 12.3 Å². The maximum atomic E-state index is 13.2. The number of aryl methyl sites for hydroxylation is 1. The highest BCUT2D eigenvalue weighted by molar-refractivity contribution is 5.97. The van der Waals surface area contributed by atoms with Crippen LogP contribution in [0.15, 0.2) is 18.3 Å². The molecule has 0 spiro atoms. The number of rotatable bonds is 5. The number of ether oxygens (including phenoxy) is 1. The molecule has 1 aromatic heterocycles. The monoisotopic (exact) mass is 420 g/mol. The number of carbonyl (C=O) groups is 3. The van der Waals surface area contributed by atoms with E-state index in [2.05, 4.69) is 10.3 Å². The minimum atomic E-state index is -0.964. The van der Waals surface area contributed by atoms with Crippen LogP contribution in [0.5, 0.6) is 0 Å². The number of hydrogen-bond acceptors (Lipinski definition) is 6. The number of alkyl carbamates (subject to hydrolysis) is 1. The quantitative estimate of drug-likeness (QED) is 0.746. The van der Waals surface area contributed by atoms with E-state index in [0.717, 1.165) is 5.56 Å².